The molecule has 5 saturated heterocycles. The van der Waals surface area contributed by atoms with Gasteiger partial charge in [0.25, 0.3) is 11.8 Å². The van der Waals surface area contributed by atoms with Gasteiger partial charge in [-0.1, -0.05) is 369 Å². The molecule has 3 saturated carbocycles. The van der Waals surface area contributed by atoms with E-state index < -0.39 is 119 Å². The first-order valence-electron chi connectivity index (χ1n) is 50.7. The topological polar surface area (TPSA) is 288 Å². The molecule has 3 aliphatic carbocycles. The molecule has 8 fully saturated rings. The van der Waals surface area contributed by atoms with Crippen LogP contribution in [0.3, 0.4) is 0 Å². The zero-order chi connectivity index (χ0) is 105. The molecule has 5 aliphatic heterocycles. The lowest BCUT2D eigenvalue weighted by Gasteiger charge is -2.42. The molecule has 0 bridgehead atoms. The minimum Gasteiger partial charge on any atom is -0.273 e. The van der Waals surface area contributed by atoms with Crippen molar-refractivity contribution in [3.8, 4) is 0 Å². The lowest BCUT2D eigenvalue weighted by Crippen LogP contribution is -2.63. The molecule has 20 amide bonds. The number of para-hydroxylation sites is 4. The number of halogens is 3. The number of carbonyl (C=O) groups is 15. The molecule has 25 nitrogen and oxygen atoms in total. The van der Waals surface area contributed by atoms with Crippen molar-refractivity contribution < 1.29 is 85.1 Å². The molecule has 5 heterocycles. The fourth-order valence-corrected chi connectivity index (χ4v) is 20.3. The van der Waals surface area contributed by atoms with Crippen LogP contribution in [0.15, 0.2) is 346 Å². The molecule has 0 spiro atoms. The highest BCUT2D eigenvalue weighted by molar-refractivity contribution is 6.32. The van der Waals surface area contributed by atoms with Crippen LogP contribution in [0.2, 0.25) is 0 Å². The van der Waals surface area contributed by atoms with Gasteiger partial charge in [-0.15, -0.1) is 0 Å². The number of carbonyl (C=O) groups excluding carboxylic acids is 15. The summed E-state index contributed by atoms with van der Waals surface area (Å²) in [6.45, 7) is 8.34. The van der Waals surface area contributed by atoms with E-state index in [9.17, 15) is 85.1 Å². The number of urea groups is 5. The Morgan fingerprint density at radius 1 is 0.235 bits per heavy atom. The molecule has 12 aromatic carbocycles. The van der Waals surface area contributed by atoms with Gasteiger partial charge in [-0.05, 0) is 174 Å². The van der Waals surface area contributed by atoms with Crippen molar-refractivity contribution >= 4 is 112 Å². The maximum absolute atomic E-state index is 13.4. The van der Waals surface area contributed by atoms with E-state index >= 15 is 0 Å². The van der Waals surface area contributed by atoms with Crippen molar-refractivity contribution in [2.24, 2.45) is 11.8 Å². The molecule has 0 aromatic heterocycles. The standard InChI is InChI=1S/C27H26N2O3.C26H21F3N2O3.2C23H24N2O3.C22H22N2O3/c1-27(2,3)21-16-14-19(15-17-21)18-28-24(30)23(20-10-6-4-7-11-20)25(31)29(26(28)32)22-12-8-5-9-13-22;1-17-7-9-18(10-8-17)15-22-23(32)30(16-19-11-13-20(14-12-19)26(27,28)29)25(34)31(24(22)33)21-5-3-2-4-6-21;26-21-20(18-12-6-2-7-13-18)22(27)25(19-14-8-3-9-15-19)23(28)24(21)16-17-10-4-1-5-11-17;26-21-20(16-17-10-4-1-5-11-17)22(27)25(19-14-8-3-9-15-19)23(28)24(21)18-12-6-2-7-13-18;25-20-19(16-10-4-1-5-11-16)21(26)24(18-14-8-3-9-15-18)22(27)23(20)17-12-6-2-7-13-17/h4-17,23H,18H2,1-3H3;2-14,22H,15-16H2,1H3;2*1-2,4-7,10-13,19-20H,3,8-9,14-16H2;1-2,4-7,10-13,18-19H,3,8-9,14-15H2. The highest BCUT2D eigenvalue weighted by Gasteiger charge is 2.55. The largest absolute Gasteiger partial charge is 0.416 e. The van der Waals surface area contributed by atoms with Gasteiger partial charge in [0.2, 0.25) is 47.3 Å². The van der Waals surface area contributed by atoms with E-state index in [0.29, 0.717) is 51.4 Å². The molecule has 762 valence electrons. The average molecular weight is 2010 g/mol. The molecule has 8 aliphatic rings. The van der Waals surface area contributed by atoms with E-state index in [-0.39, 0.29) is 61.4 Å². The summed E-state index contributed by atoms with van der Waals surface area (Å²) < 4.78 is 38.7. The van der Waals surface area contributed by atoms with Crippen LogP contribution in [0.5, 0.6) is 0 Å². The predicted octanol–water partition coefficient (Wildman–Crippen LogP) is 23.0. The Labute approximate surface area is 863 Å². The highest BCUT2D eigenvalue weighted by atomic mass is 19.4. The van der Waals surface area contributed by atoms with Crippen LogP contribution in [0.1, 0.15) is 196 Å². The zero-order valence-corrected chi connectivity index (χ0v) is 83.4. The summed E-state index contributed by atoms with van der Waals surface area (Å²) >= 11 is 0. The Morgan fingerprint density at radius 2 is 0.483 bits per heavy atom. The van der Waals surface area contributed by atoms with Gasteiger partial charge < -0.3 is 0 Å². The third kappa shape index (κ3) is 24.3. The second-order valence-electron chi connectivity index (χ2n) is 39.4. The van der Waals surface area contributed by atoms with Crippen LogP contribution in [0.25, 0.3) is 0 Å². The first kappa shape index (κ1) is 105. The monoisotopic (exact) mass is 2010 g/mol. The number of alkyl halides is 3. The number of hydrogen-bond donors (Lipinski definition) is 0. The van der Waals surface area contributed by atoms with Gasteiger partial charge in [0.1, 0.15) is 29.6 Å². The zero-order valence-electron chi connectivity index (χ0n) is 83.4. The van der Waals surface area contributed by atoms with Crippen LogP contribution < -0.4 is 19.6 Å². The lowest BCUT2D eigenvalue weighted by atomic mass is 9.86. The summed E-state index contributed by atoms with van der Waals surface area (Å²) in [6.07, 6.45) is 10.1. The van der Waals surface area contributed by atoms with Crippen LogP contribution in [0.4, 0.5) is 59.9 Å². The molecule has 5 atom stereocenters. The third-order valence-electron chi connectivity index (χ3n) is 28.2. The number of barbiturate groups is 5. The first-order valence-corrected chi connectivity index (χ1v) is 50.7. The smallest absolute Gasteiger partial charge is 0.273 e. The van der Waals surface area contributed by atoms with Gasteiger partial charge in [0, 0.05) is 18.1 Å². The minimum atomic E-state index is -4.50. The van der Waals surface area contributed by atoms with Crippen molar-refractivity contribution in [3.63, 3.8) is 0 Å². The molecule has 28 heteroatoms. The quantitative estimate of drug-likeness (QED) is 0.0641. The van der Waals surface area contributed by atoms with Gasteiger partial charge in [-0.2, -0.15) is 13.2 Å². The number of benzene rings is 12. The Bertz CT molecular complexity index is 6530. The number of rotatable bonds is 20. The van der Waals surface area contributed by atoms with Crippen molar-refractivity contribution in [2.45, 2.75) is 204 Å². The summed E-state index contributed by atoms with van der Waals surface area (Å²) in [5.41, 5.74) is 8.70. The second-order valence-corrected chi connectivity index (χ2v) is 39.4. The lowest BCUT2D eigenvalue weighted by molar-refractivity contribution is -0.148. The fraction of sp³-hybridized carbons (Fsp3) is 0.281. The van der Waals surface area contributed by atoms with E-state index in [4.69, 9.17) is 0 Å². The number of aryl methyl sites for hydroxylation is 1. The third-order valence-corrected chi connectivity index (χ3v) is 28.2. The van der Waals surface area contributed by atoms with Gasteiger partial charge in [-0.25, -0.2) is 43.6 Å². The summed E-state index contributed by atoms with van der Waals surface area (Å²) in [5, 5.41) is 0. The minimum absolute atomic E-state index is 0.00419. The summed E-state index contributed by atoms with van der Waals surface area (Å²) in [6, 6.07) is 96.9. The van der Waals surface area contributed by atoms with Crippen LogP contribution in [-0.4, -0.2) is 137 Å². The molecular weight excluding hydrogens is 1890 g/mol. The number of anilines is 4. The first-order chi connectivity index (χ1) is 71.9. The molecule has 0 radical (unpaired) electrons. The van der Waals surface area contributed by atoms with E-state index in [0.717, 1.165) is 151 Å². The number of nitrogens with zero attached hydrogens (tertiary/aromatic N) is 10. The van der Waals surface area contributed by atoms with Crippen LogP contribution >= 0.6 is 0 Å². The predicted molar refractivity (Wildman–Crippen MR) is 558 cm³/mol. The molecule has 20 rings (SSSR count). The number of amides is 20. The van der Waals surface area contributed by atoms with E-state index in [1.54, 1.807) is 152 Å². The molecule has 12 aromatic rings. The Kier molecular flexibility index (Phi) is 33.8. The van der Waals surface area contributed by atoms with E-state index in [2.05, 4.69) is 20.8 Å². The van der Waals surface area contributed by atoms with Gasteiger partial charge in [-0.3, -0.25) is 77.3 Å². The fourth-order valence-electron chi connectivity index (χ4n) is 20.3. The Balaban J connectivity index is 0.000000133. The Morgan fingerprint density at radius 3 is 0.832 bits per heavy atom. The number of imide groups is 10. The Hall–Kier alpha value is -16.5. The second kappa shape index (κ2) is 47.8. The van der Waals surface area contributed by atoms with Crippen molar-refractivity contribution in [1.29, 1.82) is 0 Å². The van der Waals surface area contributed by atoms with Gasteiger partial charge in [0.05, 0.1) is 47.9 Å². The van der Waals surface area contributed by atoms with Crippen molar-refractivity contribution in [3.05, 3.63) is 407 Å². The maximum atomic E-state index is 13.4. The molecule has 149 heavy (non-hydrogen) atoms. The van der Waals surface area contributed by atoms with Crippen molar-refractivity contribution in [1.82, 2.24) is 29.4 Å². The van der Waals surface area contributed by atoms with E-state index in [1.807, 2.05) is 177 Å². The SMILES string of the molecule is CC(C)(C)c1ccc(CN2C(=O)C(c3ccccc3)C(=O)N(c3ccccc3)C2=O)cc1.Cc1ccc(CC2C(=O)N(Cc3ccc(C(F)(F)F)cc3)C(=O)N(c3ccccc3)C2=O)cc1.O=C1C(Cc2ccccc2)C(=O)N(C2CCCCC2)C(=O)N1c1ccccc1.O=C1C(c2ccccc2)C(=O)N(C2CCCCC2)C(=O)N1Cc1ccccc1.O=C1C(c2ccccc2)C(=O)N(C2CCCCC2)C(=O)N1c1ccccc1. The number of hydrogen-bond acceptors (Lipinski definition) is 15. The van der Waals surface area contributed by atoms with Crippen molar-refractivity contribution in [2.75, 3.05) is 19.6 Å². The summed E-state index contributed by atoms with van der Waals surface area (Å²) in [4.78, 5) is 211. The van der Waals surface area contributed by atoms with E-state index in [1.165, 1.54) is 52.0 Å². The van der Waals surface area contributed by atoms with Gasteiger partial charge in [0.15, 0.2) is 0 Å². The summed E-state index contributed by atoms with van der Waals surface area (Å²) in [5.74, 6) is -9.83. The average Bonchev–Trinajstić information content (AvgIpc) is 0.755. The highest BCUT2D eigenvalue weighted by Crippen LogP contribution is 2.42. The summed E-state index contributed by atoms with van der Waals surface area (Å²) in [7, 11) is 0. The van der Waals surface area contributed by atoms with Crippen LogP contribution in [0, 0.1) is 18.8 Å². The van der Waals surface area contributed by atoms with Crippen LogP contribution in [-0.2, 0) is 92.0 Å². The van der Waals surface area contributed by atoms with Gasteiger partial charge >= 0.3 is 36.3 Å². The molecular formula is C121H117F3N10O15. The normalized spacial score (nSPS) is 19.4. The molecule has 5 unspecified atom stereocenters. The maximum Gasteiger partial charge on any atom is 0.416 e. The molecule has 0 N–H and O–H groups in total.